The van der Waals surface area contributed by atoms with Gasteiger partial charge < -0.3 is 15.8 Å². The van der Waals surface area contributed by atoms with Crippen molar-refractivity contribution < 1.29 is 4.74 Å². The molecule has 3 N–H and O–H groups in total. The molecule has 1 aromatic carbocycles. The van der Waals surface area contributed by atoms with Gasteiger partial charge in [0, 0.05) is 6.54 Å². The van der Waals surface area contributed by atoms with E-state index in [1.165, 1.54) is 22.7 Å². The van der Waals surface area contributed by atoms with Crippen molar-refractivity contribution in [3.05, 3.63) is 35.4 Å². The molecule has 0 amide bonds. The molecule has 2 rings (SSSR count). The number of benzene rings is 1. The van der Waals surface area contributed by atoms with E-state index in [4.69, 9.17) is 10.5 Å². The molecule has 2 aromatic rings. The van der Waals surface area contributed by atoms with Crippen LogP contribution in [0.1, 0.15) is 31.9 Å². The molecule has 1 aromatic heterocycles. The van der Waals surface area contributed by atoms with E-state index in [9.17, 15) is 0 Å². The molecular weight excluding hydrogens is 270 g/mol. The number of aryl methyl sites for hydroxylation is 1. The summed E-state index contributed by atoms with van der Waals surface area (Å²) >= 11 is 1.33. The number of nitrogens with one attached hydrogen (secondary N) is 1. The summed E-state index contributed by atoms with van der Waals surface area (Å²) in [7, 11) is 0. The Morgan fingerprint density at radius 3 is 2.50 bits per heavy atom. The average molecular weight is 291 g/mol. The zero-order valence-corrected chi connectivity index (χ0v) is 13.0. The van der Waals surface area contributed by atoms with Gasteiger partial charge in [0.2, 0.25) is 0 Å². The summed E-state index contributed by atoms with van der Waals surface area (Å²) in [5.41, 5.74) is 8.40. The number of hydrogen-bond donors (Lipinski definition) is 2. The molecule has 20 heavy (non-hydrogen) atoms. The summed E-state index contributed by atoms with van der Waals surface area (Å²) in [6.45, 7) is 6.84. The van der Waals surface area contributed by atoms with Gasteiger partial charge in [0.15, 0.2) is 16.6 Å². The molecule has 0 unspecified atom stereocenters. The fraction of sp³-hybridized carbons (Fsp3) is 0.400. The van der Waals surface area contributed by atoms with Crippen LogP contribution in [0.3, 0.4) is 0 Å². The van der Waals surface area contributed by atoms with Gasteiger partial charge in [-0.3, -0.25) is 0 Å². The van der Waals surface area contributed by atoms with Crippen LogP contribution in [0.5, 0.6) is 5.75 Å². The normalized spacial score (nSPS) is 10.8. The lowest BCUT2D eigenvalue weighted by atomic mass is 10.1. The summed E-state index contributed by atoms with van der Waals surface area (Å²) in [5.74, 6) is 1.11. The number of nitrogens with zero attached hydrogens (tertiary/aromatic N) is 1. The standard InChI is InChI=1S/C15H21N3OS/c1-4-11-5-7-12(8-6-11)9-17-15-13(19-10(2)3)14(16)18-20-15/h5-8,10,17H,4,9H2,1-3H3,(H2,16,18). The molecule has 5 heteroatoms. The topological polar surface area (TPSA) is 60.2 Å². The number of hydrogen-bond acceptors (Lipinski definition) is 5. The maximum absolute atomic E-state index is 5.83. The van der Waals surface area contributed by atoms with Crippen LogP contribution in [-0.4, -0.2) is 10.5 Å². The van der Waals surface area contributed by atoms with Gasteiger partial charge in [-0.05, 0) is 42.9 Å². The van der Waals surface area contributed by atoms with Gasteiger partial charge in [0.25, 0.3) is 0 Å². The first-order valence-corrected chi connectivity index (χ1v) is 7.61. The van der Waals surface area contributed by atoms with Crippen molar-refractivity contribution in [1.82, 2.24) is 4.37 Å². The van der Waals surface area contributed by atoms with Gasteiger partial charge >= 0.3 is 0 Å². The summed E-state index contributed by atoms with van der Waals surface area (Å²) in [6, 6.07) is 8.59. The molecular formula is C15H21N3OS. The minimum Gasteiger partial charge on any atom is -0.484 e. The zero-order chi connectivity index (χ0) is 14.5. The minimum atomic E-state index is 0.0816. The van der Waals surface area contributed by atoms with Crippen LogP contribution in [0.25, 0.3) is 0 Å². The SMILES string of the molecule is CCc1ccc(CNc2snc(N)c2OC(C)C)cc1. The molecule has 0 fully saturated rings. The zero-order valence-electron chi connectivity index (χ0n) is 12.1. The lowest BCUT2D eigenvalue weighted by molar-refractivity contribution is 0.245. The molecule has 0 bridgehead atoms. The Bertz CT molecular complexity index is 549. The summed E-state index contributed by atoms with van der Waals surface area (Å²) < 4.78 is 9.84. The maximum atomic E-state index is 5.83. The fourth-order valence-corrected chi connectivity index (χ4v) is 2.48. The van der Waals surface area contributed by atoms with E-state index in [0.29, 0.717) is 11.6 Å². The van der Waals surface area contributed by atoms with Crippen molar-refractivity contribution in [2.75, 3.05) is 11.1 Å². The van der Waals surface area contributed by atoms with Crippen LogP contribution in [0, 0.1) is 0 Å². The van der Waals surface area contributed by atoms with Crippen molar-refractivity contribution in [2.45, 2.75) is 39.8 Å². The van der Waals surface area contributed by atoms with Crippen molar-refractivity contribution in [3.63, 3.8) is 0 Å². The molecule has 108 valence electrons. The van der Waals surface area contributed by atoms with E-state index in [1.54, 1.807) is 0 Å². The first-order valence-electron chi connectivity index (χ1n) is 6.83. The quantitative estimate of drug-likeness (QED) is 0.852. The predicted molar refractivity (Wildman–Crippen MR) is 85.4 cm³/mol. The Morgan fingerprint density at radius 2 is 1.90 bits per heavy atom. The molecule has 0 aliphatic rings. The number of nitrogen functional groups attached to an aromatic ring is 1. The van der Waals surface area contributed by atoms with Crippen molar-refractivity contribution in [2.24, 2.45) is 0 Å². The highest BCUT2D eigenvalue weighted by molar-refractivity contribution is 7.11. The molecule has 0 saturated carbocycles. The molecule has 0 atom stereocenters. The van der Waals surface area contributed by atoms with Crippen LogP contribution < -0.4 is 15.8 Å². The molecule has 4 nitrogen and oxygen atoms in total. The largest absolute Gasteiger partial charge is 0.484 e. The third-order valence-electron chi connectivity index (χ3n) is 2.91. The van der Waals surface area contributed by atoms with Crippen molar-refractivity contribution >= 4 is 22.4 Å². The van der Waals surface area contributed by atoms with E-state index in [2.05, 4.69) is 40.9 Å². The molecule has 0 aliphatic heterocycles. The van der Waals surface area contributed by atoms with Crippen LogP contribution in [0.2, 0.25) is 0 Å². The second-order valence-corrected chi connectivity index (χ2v) is 5.69. The van der Waals surface area contributed by atoms with E-state index in [1.807, 2.05) is 13.8 Å². The summed E-state index contributed by atoms with van der Waals surface area (Å²) in [5, 5.41) is 4.23. The summed E-state index contributed by atoms with van der Waals surface area (Å²) in [6.07, 6.45) is 1.14. The first-order chi connectivity index (χ1) is 9.60. The highest BCUT2D eigenvalue weighted by atomic mass is 32.1. The number of aromatic nitrogens is 1. The molecule has 0 spiro atoms. The average Bonchev–Trinajstić information content (AvgIpc) is 2.78. The fourth-order valence-electron chi connectivity index (χ4n) is 1.83. The van der Waals surface area contributed by atoms with Gasteiger partial charge in [0.05, 0.1) is 6.10 Å². The number of rotatable bonds is 6. The van der Waals surface area contributed by atoms with Crippen molar-refractivity contribution in [3.8, 4) is 5.75 Å². The number of nitrogens with two attached hydrogens (primary N) is 1. The van der Waals surface area contributed by atoms with Crippen LogP contribution in [-0.2, 0) is 13.0 Å². The predicted octanol–water partition coefficient (Wildman–Crippen LogP) is 3.69. The maximum Gasteiger partial charge on any atom is 0.197 e. The Hall–Kier alpha value is -1.75. The van der Waals surface area contributed by atoms with Gasteiger partial charge in [-0.1, -0.05) is 31.2 Å². The van der Waals surface area contributed by atoms with Gasteiger partial charge in [0.1, 0.15) is 0 Å². The summed E-state index contributed by atoms with van der Waals surface area (Å²) in [4.78, 5) is 0. The third-order valence-corrected chi connectivity index (χ3v) is 3.71. The monoisotopic (exact) mass is 291 g/mol. The Morgan fingerprint density at radius 1 is 1.25 bits per heavy atom. The van der Waals surface area contributed by atoms with E-state index < -0.39 is 0 Å². The minimum absolute atomic E-state index is 0.0816. The van der Waals surface area contributed by atoms with E-state index in [-0.39, 0.29) is 6.10 Å². The van der Waals surface area contributed by atoms with Gasteiger partial charge in [-0.2, -0.15) is 4.37 Å². The number of ether oxygens (including phenoxy) is 1. The molecule has 1 heterocycles. The first kappa shape index (κ1) is 14.7. The lowest BCUT2D eigenvalue weighted by Gasteiger charge is -2.11. The van der Waals surface area contributed by atoms with Crippen molar-refractivity contribution in [1.29, 1.82) is 0 Å². The Labute approximate surface area is 124 Å². The second-order valence-electron chi connectivity index (χ2n) is 4.92. The number of anilines is 2. The Kier molecular flexibility index (Phi) is 4.84. The highest BCUT2D eigenvalue weighted by Gasteiger charge is 2.14. The van der Waals surface area contributed by atoms with Gasteiger partial charge in [-0.15, -0.1) is 0 Å². The van der Waals surface area contributed by atoms with Crippen LogP contribution in [0.15, 0.2) is 24.3 Å². The van der Waals surface area contributed by atoms with E-state index >= 15 is 0 Å². The Balaban J connectivity index is 2.02. The van der Waals surface area contributed by atoms with Crippen LogP contribution in [0.4, 0.5) is 10.8 Å². The molecule has 0 aliphatic carbocycles. The smallest absolute Gasteiger partial charge is 0.197 e. The molecule has 0 saturated heterocycles. The van der Waals surface area contributed by atoms with Gasteiger partial charge in [-0.25, -0.2) is 0 Å². The molecule has 0 radical (unpaired) electrons. The van der Waals surface area contributed by atoms with Crippen LogP contribution >= 0.6 is 11.5 Å². The lowest BCUT2D eigenvalue weighted by Crippen LogP contribution is -2.08. The highest BCUT2D eigenvalue weighted by Crippen LogP contribution is 2.36. The third kappa shape index (κ3) is 3.63. The second kappa shape index (κ2) is 6.61. The van der Waals surface area contributed by atoms with E-state index in [0.717, 1.165) is 18.0 Å².